The van der Waals surface area contributed by atoms with Gasteiger partial charge in [0.25, 0.3) is 0 Å². The van der Waals surface area contributed by atoms with E-state index in [2.05, 4.69) is 5.32 Å². The van der Waals surface area contributed by atoms with Crippen molar-refractivity contribution >= 4 is 12.1 Å². The molecule has 1 amide bonds. The van der Waals surface area contributed by atoms with Crippen molar-refractivity contribution in [2.24, 2.45) is 5.92 Å². The zero-order valence-corrected chi connectivity index (χ0v) is 15.6. The highest BCUT2D eigenvalue weighted by molar-refractivity contribution is 5.80. The van der Waals surface area contributed by atoms with Gasteiger partial charge in [-0.15, -0.1) is 0 Å². The molecule has 0 spiro atoms. The molecule has 1 rings (SSSR count). The Bertz CT molecular complexity index is 589. The molecule has 2 N–H and O–H groups in total. The fraction of sp³-hybridized carbons (Fsp3) is 0.556. The predicted octanol–water partition coefficient (Wildman–Crippen LogP) is 3.16. The van der Waals surface area contributed by atoms with Crippen molar-refractivity contribution in [3.05, 3.63) is 23.8 Å². The third kappa shape index (κ3) is 6.17. The second-order valence-electron chi connectivity index (χ2n) is 6.67. The number of nitrogens with one attached hydrogen (secondary N) is 1. The Labute approximate surface area is 148 Å². The highest BCUT2D eigenvalue weighted by Crippen LogP contribution is 2.32. The lowest BCUT2D eigenvalue weighted by atomic mass is 9.97. The van der Waals surface area contributed by atoms with E-state index >= 15 is 0 Å². The van der Waals surface area contributed by atoms with Crippen LogP contribution in [0.5, 0.6) is 11.5 Å². The highest BCUT2D eigenvalue weighted by atomic mass is 16.6. The molecule has 0 bridgehead atoms. The first-order chi connectivity index (χ1) is 11.6. The molecule has 140 valence electrons. The summed E-state index contributed by atoms with van der Waals surface area (Å²) in [7, 11) is 3.06. The number of aliphatic carboxylic acids is 1. The maximum Gasteiger partial charge on any atom is 0.408 e. The summed E-state index contributed by atoms with van der Waals surface area (Å²) in [6, 6.07) is 4.18. The Morgan fingerprint density at radius 2 is 1.64 bits per heavy atom. The monoisotopic (exact) mass is 353 g/mol. The van der Waals surface area contributed by atoms with Crippen LogP contribution in [0.1, 0.15) is 39.7 Å². The van der Waals surface area contributed by atoms with Gasteiger partial charge in [-0.1, -0.05) is 13.8 Å². The van der Waals surface area contributed by atoms with Gasteiger partial charge in [0.15, 0.2) is 0 Å². The average molecular weight is 353 g/mol. The van der Waals surface area contributed by atoms with Crippen molar-refractivity contribution in [2.45, 2.75) is 45.8 Å². The van der Waals surface area contributed by atoms with Crippen molar-refractivity contribution in [3.63, 3.8) is 0 Å². The summed E-state index contributed by atoms with van der Waals surface area (Å²) in [5, 5.41) is 11.6. The van der Waals surface area contributed by atoms with Gasteiger partial charge in [0.2, 0.25) is 0 Å². The summed E-state index contributed by atoms with van der Waals surface area (Å²) in [4.78, 5) is 23.4. The molecule has 1 aromatic rings. The molecule has 0 saturated carbocycles. The van der Waals surface area contributed by atoms with Crippen LogP contribution in [0.15, 0.2) is 18.2 Å². The third-order valence-corrected chi connectivity index (χ3v) is 3.69. The minimum atomic E-state index is -1.09. The number of amides is 1. The van der Waals surface area contributed by atoms with Gasteiger partial charge in [-0.05, 0) is 38.3 Å². The van der Waals surface area contributed by atoms with E-state index in [9.17, 15) is 14.7 Å². The molecule has 7 heteroatoms. The maximum atomic E-state index is 12.2. The third-order valence-electron chi connectivity index (χ3n) is 3.69. The van der Waals surface area contributed by atoms with Gasteiger partial charge >= 0.3 is 12.1 Å². The molecule has 7 nitrogen and oxygen atoms in total. The molecule has 0 fully saturated rings. The van der Waals surface area contributed by atoms with E-state index in [4.69, 9.17) is 14.2 Å². The minimum Gasteiger partial charge on any atom is -0.497 e. The topological polar surface area (TPSA) is 94.1 Å². The van der Waals surface area contributed by atoms with Crippen LogP contribution >= 0.6 is 0 Å². The summed E-state index contributed by atoms with van der Waals surface area (Å²) >= 11 is 0. The van der Waals surface area contributed by atoms with Gasteiger partial charge < -0.3 is 24.6 Å². The average Bonchev–Trinajstić information content (AvgIpc) is 2.52. The standard InChI is InChI=1S/C18H27NO6/c1-11(2)7-15(16(20)21)19-17(22)25-18(3,4)12-8-13(23-5)10-14(9-12)24-6/h8-11,15H,7H2,1-6H3,(H,19,22)(H,20,21). The van der Waals surface area contributed by atoms with E-state index in [1.807, 2.05) is 13.8 Å². The molecule has 0 saturated heterocycles. The highest BCUT2D eigenvalue weighted by Gasteiger charge is 2.29. The lowest BCUT2D eigenvalue weighted by molar-refractivity contribution is -0.139. The van der Waals surface area contributed by atoms with Gasteiger partial charge in [0.05, 0.1) is 14.2 Å². The van der Waals surface area contributed by atoms with Gasteiger partial charge in [0.1, 0.15) is 23.1 Å². The van der Waals surface area contributed by atoms with E-state index in [1.54, 1.807) is 32.0 Å². The fourth-order valence-corrected chi connectivity index (χ4v) is 2.31. The number of ether oxygens (including phenoxy) is 3. The van der Waals surface area contributed by atoms with Gasteiger partial charge in [-0.25, -0.2) is 9.59 Å². The molecule has 0 aliphatic rings. The number of carboxylic acids is 1. The van der Waals surface area contributed by atoms with Crippen molar-refractivity contribution in [1.82, 2.24) is 5.32 Å². The minimum absolute atomic E-state index is 0.122. The summed E-state index contributed by atoms with van der Waals surface area (Å²) in [6.45, 7) is 7.18. The van der Waals surface area contributed by atoms with E-state index in [1.165, 1.54) is 14.2 Å². The number of benzene rings is 1. The molecular formula is C18H27NO6. The predicted molar refractivity (Wildman–Crippen MR) is 93.1 cm³/mol. The first kappa shape index (κ1) is 20.6. The van der Waals surface area contributed by atoms with E-state index in [-0.39, 0.29) is 5.92 Å². The number of carbonyl (C=O) groups excluding carboxylic acids is 1. The van der Waals surface area contributed by atoms with Crippen LogP contribution in [0.2, 0.25) is 0 Å². The lowest BCUT2D eigenvalue weighted by Crippen LogP contribution is -2.44. The zero-order valence-electron chi connectivity index (χ0n) is 15.6. The van der Waals surface area contributed by atoms with Crippen molar-refractivity contribution < 1.29 is 28.9 Å². The Balaban J connectivity index is 2.92. The summed E-state index contributed by atoms with van der Waals surface area (Å²) in [5.74, 6) is 0.160. The van der Waals surface area contributed by atoms with Crippen LogP contribution in [0.4, 0.5) is 4.79 Å². The number of rotatable bonds is 8. The van der Waals surface area contributed by atoms with E-state index in [0.29, 0.717) is 23.5 Å². The van der Waals surface area contributed by atoms with E-state index < -0.39 is 23.7 Å². The summed E-state index contributed by atoms with van der Waals surface area (Å²) in [6.07, 6.45) is -0.475. The molecule has 1 aromatic carbocycles. The molecule has 0 radical (unpaired) electrons. The second kappa shape index (κ2) is 8.60. The quantitative estimate of drug-likeness (QED) is 0.745. The van der Waals surface area contributed by atoms with Crippen molar-refractivity contribution in [1.29, 1.82) is 0 Å². The normalized spacial score (nSPS) is 12.4. The Morgan fingerprint density at radius 1 is 1.12 bits per heavy atom. The number of carbonyl (C=O) groups is 2. The molecule has 0 aliphatic heterocycles. The lowest BCUT2D eigenvalue weighted by Gasteiger charge is -2.27. The van der Waals surface area contributed by atoms with Crippen LogP contribution in [0.3, 0.4) is 0 Å². The number of hydrogen-bond acceptors (Lipinski definition) is 5. The van der Waals surface area contributed by atoms with E-state index in [0.717, 1.165) is 0 Å². The van der Waals surface area contributed by atoms with Crippen LogP contribution in [0.25, 0.3) is 0 Å². The largest absolute Gasteiger partial charge is 0.497 e. The molecule has 0 aromatic heterocycles. The van der Waals surface area contributed by atoms with Gasteiger partial charge in [0, 0.05) is 11.6 Å². The molecule has 1 atom stereocenters. The van der Waals surface area contributed by atoms with Gasteiger partial charge in [-0.2, -0.15) is 0 Å². The smallest absolute Gasteiger partial charge is 0.408 e. The van der Waals surface area contributed by atoms with Crippen LogP contribution in [-0.4, -0.2) is 37.4 Å². The summed E-state index contributed by atoms with van der Waals surface area (Å²) < 4.78 is 15.9. The number of alkyl carbamates (subject to hydrolysis) is 1. The fourth-order valence-electron chi connectivity index (χ4n) is 2.31. The Morgan fingerprint density at radius 3 is 2.04 bits per heavy atom. The van der Waals surface area contributed by atoms with Gasteiger partial charge in [-0.3, -0.25) is 0 Å². The SMILES string of the molecule is COc1cc(OC)cc(C(C)(C)OC(=O)NC(CC(C)C)C(=O)O)c1. The Kier molecular flexibility index (Phi) is 7.09. The van der Waals surface area contributed by atoms with Crippen molar-refractivity contribution in [3.8, 4) is 11.5 Å². The maximum absolute atomic E-state index is 12.2. The van der Waals surface area contributed by atoms with Crippen molar-refractivity contribution in [2.75, 3.05) is 14.2 Å². The summed E-state index contributed by atoms with van der Waals surface area (Å²) in [5.41, 5.74) is -0.346. The molecule has 0 aliphatic carbocycles. The second-order valence-corrected chi connectivity index (χ2v) is 6.67. The first-order valence-corrected chi connectivity index (χ1v) is 8.05. The first-order valence-electron chi connectivity index (χ1n) is 8.05. The molecule has 25 heavy (non-hydrogen) atoms. The molecule has 0 heterocycles. The number of methoxy groups -OCH3 is 2. The molecular weight excluding hydrogens is 326 g/mol. The number of hydrogen-bond donors (Lipinski definition) is 2. The Hall–Kier alpha value is -2.44. The van der Waals surface area contributed by atoms with Crippen LogP contribution < -0.4 is 14.8 Å². The zero-order chi connectivity index (χ0) is 19.2. The van der Waals surface area contributed by atoms with Crippen LogP contribution in [0, 0.1) is 5.92 Å². The van der Waals surface area contributed by atoms with Crippen LogP contribution in [-0.2, 0) is 15.1 Å². The number of carboxylic acid groups (broad SMARTS) is 1. The molecule has 1 unspecified atom stereocenters.